The highest BCUT2D eigenvalue weighted by Crippen LogP contribution is 2.38. The quantitative estimate of drug-likeness (QED) is 0.477. The summed E-state index contributed by atoms with van der Waals surface area (Å²) in [6, 6.07) is 6.55. The van der Waals surface area contributed by atoms with E-state index in [0.717, 1.165) is 73.5 Å². The standard InChI is InChI=1S/C26H35N7O2/c1-17-15-32(11-10-27-17)25-12-20(8-9-28-25)22-13-23(19-4-6-21(34)7-5-19)33-24(22)14-29-26(31-33)30-18(2)16-35-3/h8-9,12-14,18-19,21,27,34H,1,4-7,10-11,15-16H2,2-3H3,(H,30,31)/t18-,19?,21?/m0/s1. The van der Waals surface area contributed by atoms with Crippen LogP contribution in [0.1, 0.15) is 44.2 Å². The van der Waals surface area contributed by atoms with Gasteiger partial charge >= 0.3 is 0 Å². The molecule has 1 aliphatic carbocycles. The summed E-state index contributed by atoms with van der Waals surface area (Å²) in [5, 5.41) is 21.6. The third kappa shape index (κ3) is 5.11. The number of anilines is 2. The highest BCUT2D eigenvalue weighted by atomic mass is 16.5. The number of methoxy groups -OCH3 is 1. The Morgan fingerprint density at radius 2 is 2.09 bits per heavy atom. The second-order valence-electron chi connectivity index (χ2n) is 9.72. The van der Waals surface area contributed by atoms with E-state index in [1.807, 2.05) is 23.8 Å². The summed E-state index contributed by atoms with van der Waals surface area (Å²) in [7, 11) is 1.69. The van der Waals surface area contributed by atoms with E-state index >= 15 is 0 Å². The summed E-state index contributed by atoms with van der Waals surface area (Å²) in [6.07, 6.45) is 7.11. The van der Waals surface area contributed by atoms with E-state index < -0.39 is 0 Å². The molecule has 9 heteroatoms. The maximum atomic E-state index is 10.1. The monoisotopic (exact) mass is 477 g/mol. The van der Waals surface area contributed by atoms with Crippen LogP contribution in [0.3, 0.4) is 0 Å². The van der Waals surface area contributed by atoms with Crippen LogP contribution >= 0.6 is 0 Å². The number of aliphatic hydroxyl groups excluding tert-OH is 1. The van der Waals surface area contributed by atoms with Gasteiger partial charge in [-0.25, -0.2) is 14.5 Å². The average molecular weight is 478 g/mol. The van der Waals surface area contributed by atoms with Crippen molar-refractivity contribution < 1.29 is 9.84 Å². The normalized spacial score (nSPS) is 21.7. The Hall–Kier alpha value is -3.17. The minimum atomic E-state index is -0.199. The molecule has 9 nitrogen and oxygen atoms in total. The van der Waals surface area contributed by atoms with Crippen LogP contribution in [0.5, 0.6) is 0 Å². The molecule has 35 heavy (non-hydrogen) atoms. The summed E-state index contributed by atoms with van der Waals surface area (Å²) in [5.41, 5.74) is 5.34. The van der Waals surface area contributed by atoms with Crippen molar-refractivity contribution in [3.8, 4) is 11.1 Å². The van der Waals surface area contributed by atoms with Crippen LogP contribution in [-0.2, 0) is 4.74 Å². The molecule has 186 valence electrons. The first kappa shape index (κ1) is 23.6. The predicted molar refractivity (Wildman–Crippen MR) is 138 cm³/mol. The zero-order valence-electron chi connectivity index (χ0n) is 20.6. The molecule has 1 saturated heterocycles. The molecule has 1 aliphatic heterocycles. The Morgan fingerprint density at radius 3 is 2.86 bits per heavy atom. The van der Waals surface area contributed by atoms with Gasteiger partial charge in [-0.1, -0.05) is 6.58 Å². The van der Waals surface area contributed by atoms with Crippen molar-refractivity contribution in [2.45, 2.75) is 50.7 Å². The van der Waals surface area contributed by atoms with E-state index in [9.17, 15) is 5.11 Å². The summed E-state index contributed by atoms with van der Waals surface area (Å²) in [6.45, 7) is 9.20. The molecule has 0 amide bonds. The molecular formula is C26H35N7O2. The van der Waals surface area contributed by atoms with E-state index in [2.05, 4.69) is 50.3 Å². The van der Waals surface area contributed by atoms with Crippen molar-refractivity contribution in [1.29, 1.82) is 0 Å². The van der Waals surface area contributed by atoms with Gasteiger partial charge in [0, 0.05) is 55.3 Å². The molecule has 0 aromatic carbocycles. The fraction of sp³-hybridized carbons (Fsp3) is 0.500. The Balaban J connectivity index is 1.54. The molecule has 0 spiro atoms. The van der Waals surface area contributed by atoms with Gasteiger partial charge in [-0.3, -0.25) is 0 Å². The number of nitrogens with one attached hydrogen (secondary N) is 2. The van der Waals surface area contributed by atoms with Crippen molar-refractivity contribution in [2.75, 3.05) is 43.6 Å². The first-order valence-electron chi connectivity index (χ1n) is 12.5. The second kappa shape index (κ2) is 10.2. The number of aliphatic hydroxyl groups is 1. The zero-order chi connectivity index (χ0) is 24.4. The van der Waals surface area contributed by atoms with E-state index in [1.54, 1.807) is 7.11 Å². The molecular weight excluding hydrogens is 442 g/mol. The lowest BCUT2D eigenvalue weighted by atomic mass is 9.85. The number of rotatable bonds is 7. The molecule has 2 aliphatic rings. The lowest BCUT2D eigenvalue weighted by molar-refractivity contribution is 0.121. The molecule has 4 heterocycles. The van der Waals surface area contributed by atoms with Crippen molar-refractivity contribution in [2.24, 2.45) is 0 Å². The zero-order valence-corrected chi connectivity index (χ0v) is 20.6. The number of pyridine rings is 1. The molecule has 1 atom stereocenters. The summed E-state index contributed by atoms with van der Waals surface area (Å²) < 4.78 is 7.30. The van der Waals surface area contributed by atoms with Crippen LogP contribution in [0.25, 0.3) is 16.6 Å². The van der Waals surface area contributed by atoms with Crippen molar-refractivity contribution in [3.05, 3.63) is 48.6 Å². The Bertz CT molecular complexity index is 1190. The minimum Gasteiger partial charge on any atom is -0.393 e. The number of hydrogen-bond acceptors (Lipinski definition) is 8. The number of aromatic nitrogens is 4. The van der Waals surface area contributed by atoms with Gasteiger partial charge in [0.2, 0.25) is 5.95 Å². The molecule has 3 aromatic rings. The van der Waals surface area contributed by atoms with Gasteiger partial charge in [0.05, 0.1) is 31.0 Å². The lowest BCUT2D eigenvalue weighted by Gasteiger charge is -2.30. The second-order valence-corrected chi connectivity index (χ2v) is 9.72. The number of ether oxygens (including phenoxy) is 1. The van der Waals surface area contributed by atoms with Gasteiger partial charge in [-0.2, -0.15) is 0 Å². The predicted octanol–water partition coefficient (Wildman–Crippen LogP) is 3.18. The van der Waals surface area contributed by atoms with E-state index in [-0.39, 0.29) is 12.1 Å². The van der Waals surface area contributed by atoms with Gasteiger partial charge in [0.1, 0.15) is 5.82 Å². The summed E-state index contributed by atoms with van der Waals surface area (Å²) in [4.78, 5) is 11.5. The highest BCUT2D eigenvalue weighted by Gasteiger charge is 2.26. The van der Waals surface area contributed by atoms with Crippen LogP contribution in [-0.4, -0.2) is 70.2 Å². The van der Waals surface area contributed by atoms with Gasteiger partial charge in [0.15, 0.2) is 0 Å². The SMILES string of the molecule is C=C1CN(c2cc(-c3cc(C4CCC(O)CC4)n4nc(N[C@@H](C)COC)ncc34)ccn2)CCN1. The smallest absolute Gasteiger partial charge is 0.241 e. The van der Waals surface area contributed by atoms with E-state index in [0.29, 0.717) is 18.5 Å². The van der Waals surface area contributed by atoms with E-state index in [4.69, 9.17) is 9.84 Å². The fourth-order valence-electron chi connectivity index (χ4n) is 5.17. The van der Waals surface area contributed by atoms with Gasteiger partial charge in [-0.05, 0) is 56.4 Å². The number of hydrogen-bond donors (Lipinski definition) is 3. The minimum absolute atomic E-state index is 0.0947. The molecule has 0 bridgehead atoms. The summed E-state index contributed by atoms with van der Waals surface area (Å²) >= 11 is 0. The number of piperazine rings is 1. The lowest BCUT2D eigenvalue weighted by Crippen LogP contribution is -2.42. The Labute approximate surface area is 206 Å². The van der Waals surface area contributed by atoms with Crippen LogP contribution < -0.4 is 15.5 Å². The molecule has 3 aromatic heterocycles. The Kier molecular flexibility index (Phi) is 6.88. The van der Waals surface area contributed by atoms with Crippen LogP contribution in [0.2, 0.25) is 0 Å². The van der Waals surface area contributed by atoms with Crippen molar-refractivity contribution in [3.63, 3.8) is 0 Å². The van der Waals surface area contributed by atoms with Crippen molar-refractivity contribution in [1.82, 2.24) is 24.9 Å². The molecule has 1 saturated carbocycles. The largest absolute Gasteiger partial charge is 0.393 e. The molecule has 0 unspecified atom stereocenters. The molecule has 2 fully saturated rings. The van der Waals surface area contributed by atoms with Crippen LogP contribution in [0, 0.1) is 0 Å². The number of nitrogens with zero attached hydrogens (tertiary/aromatic N) is 5. The molecule has 5 rings (SSSR count). The highest BCUT2D eigenvalue weighted by molar-refractivity contribution is 5.82. The van der Waals surface area contributed by atoms with Crippen molar-refractivity contribution >= 4 is 17.3 Å². The number of fused-ring (bicyclic) bond motifs is 1. The molecule has 3 N–H and O–H groups in total. The van der Waals surface area contributed by atoms with Crippen LogP contribution in [0.15, 0.2) is 42.9 Å². The average Bonchev–Trinajstić information content (AvgIpc) is 3.24. The first-order valence-corrected chi connectivity index (χ1v) is 12.5. The first-order chi connectivity index (χ1) is 17.0. The third-order valence-electron chi connectivity index (χ3n) is 6.97. The van der Waals surface area contributed by atoms with Gasteiger partial charge < -0.3 is 25.4 Å². The van der Waals surface area contributed by atoms with Gasteiger partial charge in [0.25, 0.3) is 0 Å². The summed E-state index contributed by atoms with van der Waals surface area (Å²) in [5.74, 6) is 1.87. The third-order valence-corrected chi connectivity index (χ3v) is 6.97. The fourth-order valence-corrected chi connectivity index (χ4v) is 5.17. The maximum Gasteiger partial charge on any atom is 0.241 e. The van der Waals surface area contributed by atoms with Gasteiger partial charge in [-0.15, -0.1) is 5.10 Å². The Morgan fingerprint density at radius 1 is 1.26 bits per heavy atom. The topological polar surface area (TPSA) is 99.8 Å². The van der Waals surface area contributed by atoms with Crippen LogP contribution in [0.4, 0.5) is 11.8 Å². The molecule has 0 radical (unpaired) electrons. The van der Waals surface area contributed by atoms with E-state index in [1.165, 1.54) is 5.69 Å². The maximum absolute atomic E-state index is 10.1.